The van der Waals surface area contributed by atoms with Crippen molar-refractivity contribution in [2.45, 2.75) is 117 Å². The first-order chi connectivity index (χ1) is 19.4. The van der Waals surface area contributed by atoms with Gasteiger partial charge < -0.3 is 15.1 Å². The van der Waals surface area contributed by atoms with Crippen molar-refractivity contribution < 1.29 is 19.5 Å². The summed E-state index contributed by atoms with van der Waals surface area (Å²) in [6.07, 6.45) is 21.9. The third-order valence-corrected chi connectivity index (χ3v) is 7.91. The van der Waals surface area contributed by atoms with Crippen LogP contribution in [0.15, 0.2) is 12.2 Å². The van der Waals surface area contributed by atoms with Crippen LogP contribution in [0.5, 0.6) is 0 Å². The van der Waals surface area contributed by atoms with E-state index in [1.54, 1.807) is 0 Å². The molecule has 40 heavy (non-hydrogen) atoms. The van der Waals surface area contributed by atoms with E-state index in [1.165, 1.54) is 57.8 Å². The van der Waals surface area contributed by atoms with Crippen LogP contribution in [0.1, 0.15) is 117 Å². The maximum atomic E-state index is 11.7. The Morgan fingerprint density at radius 2 is 1.60 bits per heavy atom. The molecule has 1 saturated carbocycles. The molecule has 0 bridgehead atoms. The zero-order chi connectivity index (χ0) is 29.3. The van der Waals surface area contributed by atoms with Crippen molar-refractivity contribution in [2.75, 3.05) is 52.4 Å². The van der Waals surface area contributed by atoms with E-state index in [1.807, 2.05) is 13.0 Å². The van der Waals surface area contributed by atoms with Crippen LogP contribution in [0.3, 0.4) is 0 Å². The van der Waals surface area contributed by atoms with Crippen molar-refractivity contribution in [1.29, 1.82) is 0 Å². The lowest BCUT2D eigenvalue weighted by Crippen LogP contribution is -2.48. The Kier molecular flexibility index (Phi) is 22.3. The fourth-order valence-electron chi connectivity index (χ4n) is 5.37. The van der Waals surface area contributed by atoms with E-state index in [0.29, 0.717) is 25.2 Å². The Bertz CT molecular complexity index is 689. The van der Waals surface area contributed by atoms with Crippen LogP contribution in [0.4, 0.5) is 0 Å². The van der Waals surface area contributed by atoms with E-state index >= 15 is 0 Å². The van der Waals surface area contributed by atoms with Gasteiger partial charge in [0.25, 0.3) is 5.09 Å². The summed E-state index contributed by atoms with van der Waals surface area (Å²) in [6.45, 7) is 10.6. The van der Waals surface area contributed by atoms with Crippen LogP contribution in [-0.4, -0.2) is 79.0 Å². The number of amides is 1. The number of piperazine rings is 1. The summed E-state index contributed by atoms with van der Waals surface area (Å²) in [4.78, 5) is 42.3. The molecule has 0 aromatic heterocycles. The monoisotopic (exact) mass is 566 g/mol. The first-order valence-corrected chi connectivity index (χ1v) is 16.1. The van der Waals surface area contributed by atoms with Gasteiger partial charge in [0.2, 0.25) is 5.91 Å². The summed E-state index contributed by atoms with van der Waals surface area (Å²) in [5, 5.41) is 12.3. The lowest BCUT2D eigenvalue weighted by atomic mass is 9.98. The van der Waals surface area contributed by atoms with Crippen LogP contribution in [0.2, 0.25) is 0 Å². The molecule has 1 saturated heterocycles. The molecule has 1 amide bonds. The number of allylic oxidation sites excluding steroid dienone is 2. The number of carbonyl (C=O) groups excluding carboxylic acids is 2. The molecule has 2 fully saturated rings. The van der Waals surface area contributed by atoms with Crippen LogP contribution in [0.25, 0.3) is 0 Å². The van der Waals surface area contributed by atoms with E-state index in [-0.39, 0.29) is 12.5 Å². The molecule has 0 aromatic rings. The third-order valence-electron chi connectivity index (χ3n) is 7.91. The molecule has 0 aromatic carbocycles. The number of ketones is 1. The van der Waals surface area contributed by atoms with Crippen LogP contribution in [0, 0.1) is 16.0 Å². The number of nitrogens with one attached hydrogen (secondary N) is 1. The van der Waals surface area contributed by atoms with Crippen LogP contribution in [-0.2, 0) is 14.4 Å². The zero-order valence-corrected chi connectivity index (χ0v) is 25.6. The average molecular weight is 567 g/mol. The summed E-state index contributed by atoms with van der Waals surface area (Å²) in [6, 6.07) is 0. The SMILES string of the molecule is C/C=C\CCCC(=O)NCCN1CCN(CCCO[N+](=O)[O-])CC1.CCCCCCCC(=O)CCC1CCCC1. The van der Waals surface area contributed by atoms with Gasteiger partial charge in [0, 0.05) is 65.1 Å². The second kappa shape index (κ2) is 24.8. The molecule has 2 rings (SSSR count). The predicted molar refractivity (Wildman–Crippen MR) is 162 cm³/mol. The van der Waals surface area contributed by atoms with Crippen molar-refractivity contribution in [3.05, 3.63) is 22.3 Å². The van der Waals surface area contributed by atoms with E-state index in [9.17, 15) is 19.7 Å². The maximum absolute atomic E-state index is 11.7. The minimum atomic E-state index is -0.743. The van der Waals surface area contributed by atoms with E-state index in [2.05, 4.69) is 33.0 Å². The summed E-state index contributed by atoms with van der Waals surface area (Å²) < 4.78 is 0. The third kappa shape index (κ3) is 20.8. The Balaban J connectivity index is 0.000000433. The Labute approximate surface area is 243 Å². The predicted octanol–water partition coefficient (Wildman–Crippen LogP) is 5.95. The van der Waals surface area contributed by atoms with Gasteiger partial charge in [-0.15, -0.1) is 10.1 Å². The Morgan fingerprint density at radius 3 is 2.25 bits per heavy atom. The molecule has 232 valence electrons. The van der Waals surface area contributed by atoms with Crippen molar-refractivity contribution in [3.8, 4) is 0 Å². The highest BCUT2D eigenvalue weighted by Crippen LogP contribution is 2.28. The molecule has 9 heteroatoms. The first kappa shape index (κ1) is 36.0. The van der Waals surface area contributed by atoms with E-state index in [0.717, 1.165) is 77.3 Å². The van der Waals surface area contributed by atoms with Gasteiger partial charge in [0.05, 0.1) is 6.61 Å². The van der Waals surface area contributed by atoms with Gasteiger partial charge in [-0.25, -0.2) is 0 Å². The molecule has 1 heterocycles. The molecule has 0 radical (unpaired) electrons. The molecule has 2 aliphatic rings. The largest absolute Gasteiger partial charge is 0.355 e. The normalized spacial score (nSPS) is 16.6. The zero-order valence-electron chi connectivity index (χ0n) is 25.6. The second-order valence-electron chi connectivity index (χ2n) is 11.3. The molecule has 9 nitrogen and oxygen atoms in total. The lowest BCUT2D eigenvalue weighted by molar-refractivity contribution is -0.757. The van der Waals surface area contributed by atoms with Gasteiger partial charge in [-0.1, -0.05) is 70.4 Å². The molecular formula is C31H58N4O5. The molecule has 0 spiro atoms. The molecule has 0 unspecified atom stereocenters. The summed E-state index contributed by atoms with van der Waals surface area (Å²) >= 11 is 0. The minimum Gasteiger partial charge on any atom is -0.355 e. The summed E-state index contributed by atoms with van der Waals surface area (Å²) in [7, 11) is 0. The van der Waals surface area contributed by atoms with Gasteiger partial charge in [-0.05, 0) is 44.9 Å². The highest BCUT2D eigenvalue weighted by atomic mass is 16.9. The smallest absolute Gasteiger partial charge is 0.294 e. The summed E-state index contributed by atoms with van der Waals surface area (Å²) in [5.41, 5.74) is 0. The molecule has 0 atom stereocenters. The number of hydrogen-bond donors (Lipinski definition) is 1. The van der Waals surface area contributed by atoms with Crippen molar-refractivity contribution in [3.63, 3.8) is 0 Å². The quantitative estimate of drug-likeness (QED) is 0.0792. The molecule has 1 aliphatic carbocycles. The second-order valence-corrected chi connectivity index (χ2v) is 11.3. The number of nitrogens with zero attached hydrogens (tertiary/aromatic N) is 3. The van der Waals surface area contributed by atoms with Gasteiger partial charge in [0.15, 0.2) is 0 Å². The van der Waals surface area contributed by atoms with Gasteiger partial charge >= 0.3 is 0 Å². The number of carbonyl (C=O) groups is 2. The number of hydrogen-bond acceptors (Lipinski definition) is 7. The van der Waals surface area contributed by atoms with E-state index < -0.39 is 5.09 Å². The van der Waals surface area contributed by atoms with Crippen molar-refractivity contribution >= 4 is 11.7 Å². The molecular weight excluding hydrogens is 508 g/mol. The Morgan fingerprint density at radius 1 is 0.925 bits per heavy atom. The average Bonchev–Trinajstić information content (AvgIpc) is 3.47. The maximum Gasteiger partial charge on any atom is 0.294 e. The van der Waals surface area contributed by atoms with E-state index in [4.69, 9.17) is 0 Å². The highest BCUT2D eigenvalue weighted by molar-refractivity contribution is 5.78. The van der Waals surface area contributed by atoms with Gasteiger partial charge in [-0.3, -0.25) is 14.5 Å². The fraction of sp³-hybridized carbons (Fsp3) is 0.871. The van der Waals surface area contributed by atoms with Gasteiger partial charge in [0.1, 0.15) is 5.78 Å². The number of Topliss-reactive ketones (excluding diaryl/α,β-unsaturated/α-hetero) is 1. The first-order valence-electron chi connectivity index (χ1n) is 16.1. The minimum absolute atomic E-state index is 0.129. The number of unbranched alkanes of at least 4 members (excludes halogenated alkanes) is 5. The Hall–Kier alpha value is -2.00. The van der Waals surface area contributed by atoms with Gasteiger partial charge in [-0.2, -0.15) is 0 Å². The van der Waals surface area contributed by atoms with Crippen LogP contribution < -0.4 is 5.32 Å². The molecule has 1 aliphatic heterocycles. The van der Waals surface area contributed by atoms with Crippen molar-refractivity contribution in [1.82, 2.24) is 15.1 Å². The van der Waals surface area contributed by atoms with Crippen molar-refractivity contribution in [2.24, 2.45) is 5.92 Å². The van der Waals surface area contributed by atoms with Crippen LogP contribution >= 0.6 is 0 Å². The fourth-order valence-corrected chi connectivity index (χ4v) is 5.37. The summed E-state index contributed by atoms with van der Waals surface area (Å²) in [5.74, 6) is 1.52. The topological polar surface area (TPSA) is 105 Å². The standard InChI is InChI=1S/C16H30N4O4.C15H28O/c1-2-3-4-5-7-16(21)17-8-10-19-13-11-18(12-14-19)9-6-15-24-20(22)23;1-2-3-4-5-6-11-15(16)13-12-14-9-7-8-10-14/h2-3H,4-15H2,1H3,(H,17,21);14H,2-13H2,1H3/b3-2-;. The highest BCUT2D eigenvalue weighted by Gasteiger charge is 2.17. The molecule has 1 N–H and O–H groups in total. The lowest BCUT2D eigenvalue weighted by Gasteiger charge is -2.34. The number of rotatable bonds is 21.